The maximum atomic E-state index is 6.16. The molecule has 3 nitrogen and oxygen atoms in total. The molecule has 0 aliphatic carbocycles. The van der Waals surface area contributed by atoms with E-state index in [2.05, 4.69) is 24.3 Å². The van der Waals surface area contributed by atoms with Gasteiger partial charge in [-0.2, -0.15) is 4.65 Å². The zero-order valence-corrected chi connectivity index (χ0v) is 15.6. The van der Waals surface area contributed by atoms with Crippen molar-refractivity contribution in [1.82, 2.24) is 0 Å². The Morgan fingerprint density at radius 3 is 1.73 bits per heavy atom. The van der Waals surface area contributed by atoms with Gasteiger partial charge in [-0.05, 0) is 11.1 Å². The van der Waals surface area contributed by atoms with Gasteiger partial charge in [0.1, 0.15) is 12.6 Å². The van der Waals surface area contributed by atoms with E-state index in [1.807, 2.05) is 50.5 Å². The van der Waals surface area contributed by atoms with Crippen LogP contribution < -0.4 is 24.0 Å². The zero-order chi connectivity index (χ0) is 15.1. The lowest BCUT2D eigenvalue weighted by atomic mass is 10.0. The monoisotopic (exact) mass is 413 g/mol. The highest BCUT2D eigenvalue weighted by atomic mass is 127. The molecule has 0 radical (unpaired) electrons. The van der Waals surface area contributed by atoms with Gasteiger partial charge >= 0.3 is 0 Å². The summed E-state index contributed by atoms with van der Waals surface area (Å²) in [5, 5.41) is 0. The molecule has 0 N–H and O–H groups in total. The van der Waals surface area contributed by atoms with Crippen LogP contribution in [-0.4, -0.2) is 39.0 Å². The normalized spacial score (nSPS) is 11.3. The topological polar surface area (TPSA) is 18.5 Å². The minimum absolute atomic E-state index is 0. The summed E-state index contributed by atoms with van der Waals surface area (Å²) in [6.45, 7) is 1.43. The second-order valence-electron chi connectivity index (χ2n) is 5.55. The fourth-order valence-electron chi connectivity index (χ4n) is 2.12. The van der Waals surface area contributed by atoms with Gasteiger partial charge in [0, 0.05) is 0 Å². The molecule has 0 amide bonds. The molecule has 22 heavy (non-hydrogen) atoms. The minimum Gasteiger partial charge on any atom is -1.00 e. The lowest BCUT2D eigenvalue weighted by Crippen LogP contribution is -3.00. The van der Waals surface area contributed by atoms with Crippen molar-refractivity contribution in [1.29, 1.82) is 0 Å². The van der Waals surface area contributed by atoms with Crippen molar-refractivity contribution >= 4 is 0 Å². The van der Waals surface area contributed by atoms with Crippen LogP contribution in [-0.2, 0) is 9.57 Å². The first-order valence-corrected chi connectivity index (χ1v) is 7.22. The smallest absolute Gasteiger partial charge is 0.132 e. The first-order valence-electron chi connectivity index (χ1n) is 7.22. The Morgan fingerprint density at radius 2 is 1.32 bits per heavy atom. The summed E-state index contributed by atoms with van der Waals surface area (Å²) in [6.07, 6.45) is -0.0377. The van der Waals surface area contributed by atoms with Crippen LogP contribution in [0.1, 0.15) is 17.2 Å². The molecule has 2 aromatic rings. The first kappa shape index (κ1) is 19.1. The van der Waals surface area contributed by atoms with Crippen LogP contribution in [0.2, 0.25) is 0 Å². The van der Waals surface area contributed by atoms with E-state index in [1.54, 1.807) is 7.11 Å². The van der Waals surface area contributed by atoms with Crippen molar-refractivity contribution in [2.45, 2.75) is 6.10 Å². The van der Waals surface area contributed by atoms with Crippen molar-refractivity contribution in [3.63, 3.8) is 0 Å². The van der Waals surface area contributed by atoms with Crippen LogP contribution in [0, 0.1) is 0 Å². The third-order valence-electron chi connectivity index (χ3n) is 3.61. The molecule has 2 rings (SSSR count). The Balaban J connectivity index is 0.00000242. The van der Waals surface area contributed by atoms with Gasteiger partial charge in [0.05, 0.1) is 27.8 Å². The van der Waals surface area contributed by atoms with Crippen LogP contribution in [0.5, 0.6) is 0 Å². The van der Waals surface area contributed by atoms with Gasteiger partial charge < -0.3 is 28.7 Å². The Hall–Kier alpha value is -0.950. The zero-order valence-electron chi connectivity index (χ0n) is 13.4. The van der Waals surface area contributed by atoms with Crippen LogP contribution in [0.15, 0.2) is 60.7 Å². The number of halogens is 1. The summed E-state index contributed by atoms with van der Waals surface area (Å²) in [7, 11) is 5.75. The molecule has 4 heteroatoms. The van der Waals surface area contributed by atoms with E-state index in [0.29, 0.717) is 11.3 Å². The SMILES string of the molecule is CO[N+](C)(C)CCOC(c1ccccc1)c1ccccc1.[I-]. The molecule has 0 saturated heterocycles. The molecule has 0 fully saturated rings. The number of likely N-dealkylation sites (N-methyl/N-ethyl adjacent to an activating group) is 1. The molecule has 0 atom stereocenters. The van der Waals surface area contributed by atoms with Crippen molar-refractivity contribution in [2.24, 2.45) is 0 Å². The number of ether oxygens (including phenoxy) is 1. The number of quaternary nitrogens is 1. The van der Waals surface area contributed by atoms with Crippen molar-refractivity contribution in [2.75, 3.05) is 34.4 Å². The molecular weight excluding hydrogens is 389 g/mol. The summed E-state index contributed by atoms with van der Waals surface area (Å²) in [5.41, 5.74) is 2.35. The van der Waals surface area contributed by atoms with Crippen molar-refractivity contribution in [3.05, 3.63) is 71.8 Å². The largest absolute Gasteiger partial charge is 1.00 e. The predicted octanol–water partition coefficient (Wildman–Crippen LogP) is 0.434. The first-order chi connectivity index (χ1) is 10.1. The summed E-state index contributed by atoms with van der Waals surface area (Å²) in [6, 6.07) is 20.7. The molecule has 0 unspecified atom stereocenters. The third kappa shape index (κ3) is 5.68. The van der Waals surface area contributed by atoms with Crippen LogP contribution in [0.4, 0.5) is 0 Å². The van der Waals surface area contributed by atoms with Gasteiger partial charge in [-0.1, -0.05) is 60.7 Å². The molecular formula is C18H24INO2. The molecule has 0 aliphatic heterocycles. The van der Waals surface area contributed by atoms with Gasteiger partial charge in [-0.3, -0.25) is 0 Å². The molecule has 0 spiro atoms. The quantitative estimate of drug-likeness (QED) is 0.373. The lowest BCUT2D eigenvalue weighted by Gasteiger charge is -2.26. The van der Waals surface area contributed by atoms with Crippen molar-refractivity contribution in [3.8, 4) is 0 Å². The second-order valence-corrected chi connectivity index (χ2v) is 5.55. The van der Waals surface area contributed by atoms with E-state index in [4.69, 9.17) is 9.57 Å². The van der Waals surface area contributed by atoms with Gasteiger partial charge in [0.15, 0.2) is 0 Å². The third-order valence-corrected chi connectivity index (χ3v) is 3.61. The maximum absolute atomic E-state index is 6.16. The van der Waals surface area contributed by atoms with Crippen LogP contribution in [0.3, 0.4) is 0 Å². The van der Waals surface area contributed by atoms with Gasteiger partial charge in [-0.15, -0.1) is 0 Å². The highest BCUT2D eigenvalue weighted by molar-refractivity contribution is 5.29. The summed E-state index contributed by atoms with van der Waals surface area (Å²) in [5.74, 6) is 0. The van der Waals surface area contributed by atoms with Gasteiger partial charge in [0.2, 0.25) is 0 Å². The molecule has 0 bridgehead atoms. The maximum Gasteiger partial charge on any atom is 0.132 e. The van der Waals surface area contributed by atoms with E-state index in [1.165, 1.54) is 11.1 Å². The number of hydroxylamine groups is 3. The minimum atomic E-state index is -0.0377. The average Bonchev–Trinajstić information content (AvgIpc) is 2.53. The van der Waals surface area contributed by atoms with Crippen LogP contribution in [0.25, 0.3) is 0 Å². The number of hydrogen-bond acceptors (Lipinski definition) is 2. The van der Waals surface area contributed by atoms with E-state index in [0.717, 1.165) is 6.54 Å². The Bertz CT molecular complexity index is 492. The predicted molar refractivity (Wildman–Crippen MR) is 84.7 cm³/mol. The van der Waals surface area contributed by atoms with E-state index >= 15 is 0 Å². The number of hydrogen-bond donors (Lipinski definition) is 0. The Morgan fingerprint density at radius 1 is 0.864 bits per heavy atom. The van der Waals surface area contributed by atoms with E-state index < -0.39 is 0 Å². The fourth-order valence-corrected chi connectivity index (χ4v) is 2.12. The standard InChI is InChI=1S/C18H24NO2.HI/c1-19(2,20-3)14-15-21-18(16-10-6-4-7-11-16)17-12-8-5-9-13-17;/h4-13,18H,14-15H2,1-3H3;1H/q+1;/p-1. The second kappa shape index (κ2) is 9.25. The fraction of sp³-hybridized carbons (Fsp3) is 0.333. The number of benzene rings is 2. The Labute approximate surface area is 150 Å². The molecule has 2 aromatic carbocycles. The number of rotatable bonds is 7. The summed E-state index contributed by atoms with van der Waals surface area (Å²) in [4.78, 5) is 5.39. The molecule has 0 aromatic heterocycles. The van der Waals surface area contributed by atoms with E-state index in [9.17, 15) is 0 Å². The summed E-state index contributed by atoms with van der Waals surface area (Å²) < 4.78 is 6.64. The molecule has 0 aliphatic rings. The molecule has 0 saturated carbocycles. The highest BCUT2D eigenvalue weighted by Crippen LogP contribution is 2.25. The molecule has 0 heterocycles. The van der Waals surface area contributed by atoms with Gasteiger partial charge in [-0.25, -0.2) is 4.84 Å². The molecule has 120 valence electrons. The van der Waals surface area contributed by atoms with Crippen molar-refractivity contribution < 1.29 is 38.2 Å². The Kier molecular flexibility index (Phi) is 8.03. The van der Waals surface area contributed by atoms with E-state index in [-0.39, 0.29) is 30.1 Å². The number of nitrogens with zero attached hydrogens (tertiary/aromatic N) is 1. The average molecular weight is 413 g/mol. The van der Waals surface area contributed by atoms with Crippen LogP contribution >= 0.6 is 0 Å². The lowest BCUT2D eigenvalue weighted by molar-refractivity contribution is -1.07. The van der Waals surface area contributed by atoms with Gasteiger partial charge in [0.25, 0.3) is 0 Å². The summed E-state index contributed by atoms with van der Waals surface area (Å²) >= 11 is 0. The highest BCUT2D eigenvalue weighted by Gasteiger charge is 2.18.